The van der Waals surface area contributed by atoms with Crippen molar-refractivity contribution in [3.05, 3.63) is 28.2 Å². The van der Waals surface area contributed by atoms with Gasteiger partial charge in [-0.25, -0.2) is 4.79 Å². The van der Waals surface area contributed by atoms with Gasteiger partial charge in [0, 0.05) is 4.47 Å². The third kappa shape index (κ3) is 6.17. The topological polar surface area (TPSA) is 92.7 Å². The fourth-order valence-electron chi connectivity index (χ4n) is 1.38. The number of halogens is 1. The molecule has 0 spiro atoms. The molecule has 0 atom stereocenters. The van der Waals surface area contributed by atoms with E-state index >= 15 is 0 Å². The molecule has 114 valence electrons. The van der Waals surface area contributed by atoms with E-state index in [1.165, 1.54) is 0 Å². The molecule has 0 aliphatic heterocycles. The molecule has 0 heterocycles. The highest BCUT2D eigenvalue weighted by Gasteiger charge is 2.11. The highest BCUT2D eigenvalue weighted by atomic mass is 79.9. The van der Waals surface area contributed by atoms with Crippen LogP contribution in [0.4, 0.5) is 5.69 Å². The van der Waals surface area contributed by atoms with Gasteiger partial charge in [0.05, 0.1) is 29.4 Å². The fraction of sp³-hybridized carbons (Fsp3) is 0.308. The number of carboxylic acid groups (broad SMARTS) is 1. The second-order valence-corrected chi connectivity index (χ2v) is 5.69. The van der Waals surface area contributed by atoms with Gasteiger partial charge in [0.1, 0.15) is 0 Å². The number of amides is 1. The van der Waals surface area contributed by atoms with Gasteiger partial charge in [0.2, 0.25) is 5.91 Å². The number of thioether (sulfide) groups is 1. The Morgan fingerprint density at radius 1 is 1.33 bits per heavy atom. The van der Waals surface area contributed by atoms with Crippen LogP contribution in [-0.4, -0.2) is 41.1 Å². The number of benzene rings is 1. The Morgan fingerprint density at radius 3 is 2.62 bits per heavy atom. The van der Waals surface area contributed by atoms with Crippen LogP contribution in [0.15, 0.2) is 22.7 Å². The van der Waals surface area contributed by atoms with Crippen LogP contribution in [-0.2, 0) is 14.3 Å². The van der Waals surface area contributed by atoms with E-state index < -0.39 is 11.9 Å². The number of rotatable bonds is 7. The molecular weight excluding hydrogens is 362 g/mol. The van der Waals surface area contributed by atoms with Crippen molar-refractivity contribution in [3.63, 3.8) is 0 Å². The minimum absolute atomic E-state index is 0.0400. The van der Waals surface area contributed by atoms with Gasteiger partial charge in [-0.15, -0.1) is 11.8 Å². The lowest BCUT2D eigenvalue weighted by atomic mass is 10.2. The number of hydrogen-bond acceptors (Lipinski definition) is 5. The summed E-state index contributed by atoms with van der Waals surface area (Å²) in [5, 5.41) is 11.1. The van der Waals surface area contributed by atoms with Crippen LogP contribution in [0, 0.1) is 0 Å². The molecule has 0 aliphatic rings. The van der Waals surface area contributed by atoms with Crippen LogP contribution in [0.3, 0.4) is 0 Å². The molecule has 0 aromatic heterocycles. The van der Waals surface area contributed by atoms with Gasteiger partial charge in [-0.1, -0.05) is 0 Å². The monoisotopic (exact) mass is 375 g/mol. The van der Waals surface area contributed by atoms with Crippen molar-refractivity contribution in [1.29, 1.82) is 0 Å². The molecule has 6 nitrogen and oxygen atoms in total. The number of esters is 1. The van der Waals surface area contributed by atoms with Gasteiger partial charge in [0.25, 0.3) is 0 Å². The number of carbonyl (C=O) groups excluding carboxylic acids is 2. The highest BCUT2D eigenvalue weighted by molar-refractivity contribution is 9.10. The maximum absolute atomic E-state index is 11.6. The first-order valence-corrected chi connectivity index (χ1v) is 7.95. The molecule has 0 radical (unpaired) electrons. The second-order valence-electron chi connectivity index (χ2n) is 3.85. The van der Waals surface area contributed by atoms with E-state index in [9.17, 15) is 14.4 Å². The molecule has 2 N–H and O–H groups in total. The molecule has 0 fully saturated rings. The van der Waals surface area contributed by atoms with Crippen molar-refractivity contribution in [2.45, 2.75) is 6.92 Å². The van der Waals surface area contributed by atoms with Crippen LogP contribution < -0.4 is 5.32 Å². The smallest absolute Gasteiger partial charge is 0.338 e. The van der Waals surface area contributed by atoms with E-state index in [-0.39, 0.29) is 24.0 Å². The number of aliphatic carboxylic acids is 1. The van der Waals surface area contributed by atoms with Crippen LogP contribution in [0.25, 0.3) is 0 Å². The molecule has 0 bridgehead atoms. The molecule has 1 aromatic rings. The predicted molar refractivity (Wildman–Crippen MR) is 83.7 cm³/mol. The lowest BCUT2D eigenvalue weighted by Crippen LogP contribution is -2.16. The molecule has 0 unspecified atom stereocenters. The Bertz CT molecular complexity index is 549. The Labute approximate surface area is 134 Å². The first-order chi connectivity index (χ1) is 9.93. The summed E-state index contributed by atoms with van der Waals surface area (Å²) in [4.78, 5) is 33.5. The van der Waals surface area contributed by atoms with Gasteiger partial charge < -0.3 is 15.2 Å². The van der Waals surface area contributed by atoms with Crippen molar-refractivity contribution in [2.75, 3.05) is 23.4 Å². The molecule has 8 heteroatoms. The minimum atomic E-state index is -0.965. The van der Waals surface area contributed by atoms with Gasteiger partial charge >= 0.3 is 11.9 Å². The van der Waals surface area contributed by atoms with Crippen molar-refractivity contribution in [1.82, 2.24) is 0 Å². The Hall–Kier alpha value is -1.54. The van der Waals surface area contributed by atoms with Crippen molar-refractivity contribution >= 4 is 51.2 Å². The third-order valence-corrected chi connectivity index (χ3v) is 3.79. The summed E-state index contributed by atoms with van der Waals surface area (Å²) < 4.78 is 5.42. The molecule has 21 heavy (non-hydrogen) atoms. The van der Waals surface area contributed by atoms with E-state index in [0.29, 0.717) is 15.7 Å². The van der Waals surface area contributed by atoms with E-state index in [0.717, 1.165) is 11.8 Å². The van der Waals surface area contributed by atoms with Gasteiger partial charge in [-0.05, 0) is 41.1 Å². The van der Waals surface area contributed by atoms with Crippen molar-refractivity contribution in [2.24, 2.45) is 0 Å². The Morgan fingerprint density at radius 2 is 2.05 bits per heavy atom. The zero-order chi connectivity index (χ0) is 15.8. The van der Waals surface area contributed by atoms with E-state index in [1.807, 2.05) is 0 Å². The molecule has 1 aromatic carbocycles. The molecule has 1 rings (SSSR count). The summed E-state index contributed by atoms with van der Waals surface area (Å²) in [5.41, 5.74) is 0.881. The Kier molecular flexibility index (Phi) is 7.24. The van der Waals surface area contributed by atoms with Crippen LogP contribution in [0.2, 0.25) is 0 Å². The average Bonchev–Trinajstić information content (AvgIpc) is 2.41. The summed E-state index contributed by atoms with van der Waals surface area (Å²) in [7, 11) is 0. The molecular formula is C13H14BrNO5S. The standard InChI is InChI=1S/C13H14BrNO5S/c1-2-20-13(19)8-3-4-10(9(14)5-8)15-11(16)6-21-7-12(17)18/h3-5H,2,6-7H2,1H3,(H,15,16)(H,17,18). The molecule has 0 aliphatic carbocycles. The quantitative estimate of drug-likeness (QED) is 0.710. The molecule has 0 saturated heterocycles. The van der Waals surface area contributed by atoms with E-state index in [2.05, 4.69) is 21.2 Å². The van der Waals surface area contributed by atoms with Crippen LogP contribution >= 0.6 is 27.7 Å². The minimum Gasteiger partial charge on any atom is -0.481 e. The maximum atomic E-state index is 11.6. The predicted octanol–water partition coefficient (Wildman–Crippen LogP) is 2.38. The van der Waals surface area contributed by atoms with Crippen molar-refractivity contribution < 1.29 is 24.2 Å². The zero-order valence-electron chi connectivity index (χ0n) is 11.2. The van der Waals surface area contributed by atoms with E-state index in [4.69, 9.17) is 9.84 Å². The highest BCUT2D eigenvalue weighted by Crippen LogP contribution is 2.24. The van der Waals surface area contributed by atoms with Gasteiger partial charge in [0.15, 0.2) is 0 Å². The van der Waals surface area contributed by atoms with Crippen LogP contribution in [0.5, 0.6) is 0 Å². The number of hydrogen-bond donors (Lipinski definition) is 2. The summed E-state index contributed by atoms with van der Waals surface area (Å²) in [6.07, 6.45) is 0. The van der Waals surface area contributed by atoms with E-state index in [1.54, 1.807) is 25.1 Å². The number of anilines is 1. The number of ether oxygens (including phenoxy) is 1. The second kappa shape index (κ2) is 8.68. The third-order valence-electron chi connectivity index (χ3n) is 2.21. The molecule has 1 amide bonds. The number of carboxylic acids is 1. The van der Waals surface area contributed by atoms with Crippen LogP contribution in [0.1, 0.15) is 17.3 Å². The summed E-state index contributed by atoms with van der Waals surface area (Å²) in [6, 6.07) is 4.68. The van der Waals surface area contributed by atoms with Crippen molar-refractivity contribution in [3.8, 4) is 0 Å². The normalized spacial score (nSPS) is 10.0. The first kappa shape index (κ1) is 17.5. The summed E-state index contributed by atoms with van der Waals surface area (Å²) >= 11 is 4.27. The molecule has 0 saturated carbocycles. The van der Waals surface area contributed by atoms with Gasteiger partial charge in [-0.3, -0.25) is 9.59 Å². The van der Waals surface area contributed by atoms with Gasteiger partial charge in [-0.2, -0.15) is 0 Å². The summed E-state index contributed by atoms with van der Waals surface area (Å²) in [6.45, 7) is 2.01. The maximum Gasteiger partial charge on any atom is 0.338 e. The Balaban J connectivity index is 2.62. The SMILES string of the molecule is CCOC(=O)c1ccc(NC(=O)CSCC(=O)O)c(Br)c1. The lowest BCUT2D eigenvalue weighted by molar-refractivity contribution is -0.133. The number of nitrogens with one attached hydrogen (secondary N) is 1. The lowest BCUT2D eigenvalue weighted by Gasteiger charge is -2.08. The largest absolute Gasteiger partial charge is 0.481 e. The first-order valence-electron chi connectivity index (χ1n) is 6.00. The average molecular weight is 376 g/mol. The fourth-order valence-corrected chi connectivity index (χ4v) is 2.39. The zero-order valence-corrected chi connectivity index (χ0v) is 13.6. The summed E-state index contributed by atoms with van der Waals surface area (Å²) in [5.74, 6) is -1.80. The number of carbonyl (C=O) groups is 3.